The second-order valence-electron chi connectivity index (χ2n) is 22.4. The SMILES string of the molecule is C[Si](C)=[Zr+2].C[Si](C)=[Zr+2].Cc1cc2c(-c3c(C)cccc3C)cccc2[cH-]1.Cc1cc2c(-c3c(C)cccc3C)cccc2[cH-]1.Cc1cc2c(-c3c(C)cccc3C)cccc2[cH-]1.Cc1cc2c(-c3c(C)cccc3C)cccc2[cH-]1.[Cl-].[Cl-]. The van der Waals surface area contributed by atoms with Crippen LogP contribution in [0.1, 0.15) is 66.8 Å². The van der Waals surface area contributed by atoms with Crippen LogP contribution in [0.3, 0.4) is 0 Å². The van der Waals surface area contributed by atoms with Crippen LogP contribution >= 0.6 is 0 Å². The quantitative estimate of drug-likeness (QED) is 0.122. The number of halogens is 2. The van der Waals surface area contributed by atoms with Crippen LogP contribution in [0.25, 0.3) is 87.6 Å². The largest absolute Gasteiger partial charge is 1.00 e. The van der Waals surface area contributed by atoms with Crippen molar-refractivity contribution in [3.63, 3.8) is 0 Å². The molecule has 0 aromatic heterocycles. The number of fused-ring (bicyclic) bond motifs is 4. The van der Waals surface area contributed by atoms with E-state index in [9.17, 15) is 0 Å². The van der Waals surface area contributed by atoms with Gasteiger partial charge in [-0.2, -0.15) is 24.3 Å². The van der Waals surface area contributed by atoms with Gasteiger partial charge < -0.3 is 24.8 Å². The maximum absolute atomic E-state index is 2.31. The van der Waals surface area contributed by atoms with Crippen LogP contribution in [0.15, 0.2) is 194 Å². The van der Waals surface area contributed by atoms with E-state index in [1.54, 1.807) is 46.7 Å². The minimum absolute atomic E-state index is 0. The predicted octanol–water partition coefficient (Wildman–Crippen LogP) is 16.2. The Bertz CT molecular complexity index is 3520. The molecule has 0 spiro atoms. The Balaban J connectivity index is 0.000000190. The normalized spacial score (nSPS) is 10.4. The monoisotopic (exact) mass is 1300 g/mol. The predicted molar refractivity (Wildman–Crippen MR) is 352 cm³/mol. The topological polar surface area (TPSA) is 0 Å². The third-order valence-corrected chi connectivity index (χ3v) is 14.6. The molecule has 6 heteroatoms. The van der Waals surface area contributed by atoms with E-state index >= 15 is 0 Å². The van der Waals surface area contributed by atoms with Crippen LogP contribution < -0.4 is 24.8 Å². The molecular formula is C76H80Cl2Si2Zr2-2. The molecule has 0 aliphatic carbocycles. The van der Waals surface area contributed by atoms with Crippen LogP contribution in [0.2, 0.25) is 26.2 Å². The third kappa shape index (κ3) is 17.1. The number of rotatable bonds is 4. The molecule has 0 aliphatic rings. The van der Waals surface area contributed by atoms with E-state index in [2.05, 4.69) is 303 Å². The number of benzene rings is 8. The van der Waals surface area contributed by atoms with Crippen molar-refractivity contribution in [3.8, 4) is 44.5 Å². The fraction of sp³-hybridized carbons (Fsp3) is 0.211. The summed E-state index contributed by atoms with van der Waals surface area (Å²) in [5.41, 5.74) is 27.5. The van der Waals surface area contributed by atoms with E-state index in [1.165, 1.54) is 154 Å². The maximum Gasteiger partial charge on any atom is -0.0220 e. The molecule has 0 saturated carbocycles. The van der Waals surface area contributed by atoms with Crippen molar-refractivity contribution in [2.24, 2.45) is 0 Å². The molecule has 0 heterocycles. The summed E-state index contributed by atoms with van der Waals surface area (Å²) in [6, 6.07) is 70.6. The third-order valence-electron chi connectivity index (χ3n) is 14.6. The van der Waals surface area contributed by atoms with Gasteiger partial charge in [0.25, 0.3) is 0 Å². The zero-order valence-corrected chi connectivity index (χ0v) is 59.7. The molecule has 0 unspecified atom stereocenters. The average Bonchev–Trinajstić information content (AvgIpc) is 4.33. The van der Waals surface area contributed by atoms with Gasteiger partial charge in [-0.25, -0.2) is 0 Å². The van der Waals surface area contributed by atoms with Crippen molar-refractivity contribution < 1.29 is 71.5 Å². The first-order valence-electron chi connectivity index (χ1n) is 28.1. The van der Waals surface area contributed by atoms with Crippen molar-refractivity contribution in [3.05, 3.63) is 261 Å². The van der Waals surface area contributed by atoms with Gasteiger partial charge in [-0.1, -0.05) is 147 Å². The van der Waals surface area contributed by atoms with Gasteiger partial charge in [0.2, 0.25) is 0 Å². The number of aryl methyl sites for hydroxylation is 12. The molecule has 82 heavy (non-hydrogen) atoms. The molecule has 0 aliphatic heterocycles. The first-order valence-corrected chi connectivity index (χ1v) is 40.4. The zero-order valence-electron chi connectivity index (χ0n) is 51.2. The molecular weight excluding hydrogens is 1220 g/mol. The average molecular weight is 1300 g/mol. The summed E-state index contributed by atoms with van der Waals surface area (Å²) in [6.45, 7) is 35.4. The summed E-state index contributed by atoms with van der Waals surface area (Å²) in [7, 11) is 0. The summed E-state index contributed by atoms with van der Waals surface area (Å²) >= 11 is 3.48. The van der Waals surface area contributed by atoms with E-state index in [4.69, 9.17) is 0 Å². The first kappa shape index (κ1) is 67.8. The van der Waals surface area contributed by atoms with Gasteiger partial charge in [-0.05, 0) is 122 Å². The van der Waals surface area contributed by atoms with Crippen LogP contribution in [0.4, 0.5) is 0 Å². The standard InChI is InChI=1S/4C18H17.2C2H6Si.2ClH.2Zr/c4*1-12-10-15-8-5-9-16(17(15)11-12)18-13(2)6-4-7-14(18)3;2*1-3-2;;;;/h4*4-11H,1-3H3;2*1-2H3;2*1H;;/q4*-1;;;;;2*+2/p-2. The van der Waals surface area contributed by atoms with Gasteiger partial charge in [0, 0.05) is 0 Å². The van der Waals surface area contributed by atoms with Crippen LogP contribution in [-0.4, -0.2) is 10.9 Å². The molecule has 12 aromatic carbocycles. The van der Waals surface area contributed by atoms with Crippen LogP contribution in [-0.2, 0) is 46.7 Å². The Kier molecular flexibility index (Phi) is 25.8. The summed E-state index contributed by atoms with van der Waals surface area (Å²) < 4.78 is 0. The molecule has 0 bridgehead atoms. The molecule has 416 valence electrons. The molecule has 0 saturated heterocycles. The van der Waals surface area contributed by atoms with E-state index in [0.717, 1.165) is 0 Å². The molecule has 0 radical (unpaired) electrons. The Morgan fingerprint density at radius 1 is 0.256 bits per heavy atom. The van der Waals surface area contributed by atoms with Gasteiger partial charge >= 0.3 is 83.7 Å². The van der Waals surface area contributed by atoms with Crippen molar-refractivity contribution in [2.45, 2.75) is 109 Å². The fourth-order valence-electron chi connectivity index (χ4n) is 11.4. The Morgan fingerprint density at radius 2 is 0.402 bits per heavy atom. The summed E-state index contributed by atoms with van der Waals surface area (Å²) in [6.07, 6.45) is 0. The van der Waals surface area contributed by atoms with Crippen LogP contribution in [0, 0.1) is 83.1 Å². The van der Waals surface area contributed by atoms with Crippen LogP contribution in [0.5, 0.6) is 0 Å². The Labute approximate surface area is 534 Å². The van der Waals surface area contributed by atoms with Crippen molar-refractivity contribution in [1.82, 2.24) is 0 Å². The Morgan fingerprint density at radius 3 is 0.561 bits per heavy atom. The fourth-order valence-corrected chi connectivity index (χ4v) is 11.4. The Hall–Kier alpha value is -5.02. The minimum atomic E-state index is 0. The van der Waals surface area contributed by atoms with E-state index in [0.29, 0.717) is 0 Å². The maximum atomic E-state index is 2.31. The molecule has 0 amide bonds. The molecule has 0 atom stereocenters. The zero-order chi connectivity index (χ0) is 57.9. The minimum Gasteiger partial charge on any atom is -1.00 e. The molecule has 0 N–H and O–H groups in total. The number of hydrogen-bond acceptors (Lipinski definition) is 0. The van der Waals surface area contributed by atoms with Gasteiger partial charge in [0.1, 0.15) is 0 Å². The molecule has 12 rings (SSSR count). The molecule has 0 nitrogen and oxygen atoms in total. The molecule has 0 fully saturated rings. The first-order chi connectivity index (χ1) is 38.1. The summed E-state index contributed by atoms with van der Waals surface area (Å²) in [5, 5.41) is 10.8. The van der Waals surface area contributed by atoms with Gasteiger partial charge in [-0.3, -0.25) is 0 Å². The van der Waals surface area contributed by atoms with E-state index < -0.39 is 0 Å². The van der Waals surface area contributed by atoms with Gasteiger partial charge in [0.05, 0.1) is 0 Å². The van der Waals surface area contributed by atoms with Crippen molar-refractivity contribution in [1.29, 1.82) is 0 Å². The summed E-state index contributed by atoms with van der Waals surface area (Å²) in [4.78, 5) is 0. The second-order valence-corrected chi connectivity index (χ2v) is 41.2. The smallest absolute Gasteiger partial charge is 0.0220 e. The van der Waals surface area contributed by atoms with E-state index in [-0.39, 0.29) is 35.7 Å². The molecule has 12 aromatic rings. The van der Waals surface area contributed by atoms with E-state index in [1.807, 2.05) is 0 Å². The van der Waals surface area contributed by atoms with Gasteiger partial charge in [-0.15, -0.1) is 138 Å². The van der Waals surface area contributed by atoms with Crippen molar-refractivity contribution in [2.75, 3.05) is 0 Å². The second kappa shape index (κ2) is 31.2. The van der Waals surface area contributed by atoms with Crippen molar-refractivity contribution >= 4 is 54.0 Å². The number of hydrogen-bond donors (Lipinski definition) is 0. The summed E-state index contributed by atoms with van der Waals surface area (Å²) in [5.74, 6) is 0. The van der Waals surface area contributed by atoms with Gasteiger partial charge in [0.15, 0.2) is 0 Å².